The maximum atomic E-state index is 12.6. The third-order valence-electron chi connectivity index (χ3n) is 3.65. The van der Waals surface area contributed by atoms with Crippen LogP contribution in [0, 0.1) is 0 Å². The lowest BCUT2D eigenvalue weighted by Crippen LogP contribution is -2.37. The van der Waals surface area contributed by atoms with Gasteiger partial charge in [0.05, 0.1) is 24.2 Å². The van der Waals surface area contributed by atoms with Gasteiger partial charge in [-0.05, 0) is 31.5 Å². The van der Waals surface area contributed by atoms with Gasteiger partial charge < -0.3 is 15.2 Å². The number of rotatable bonds is 6. The predicted octanol–water partition coefficient (Wildman–Crippen LogP) is 0.953. The quantitative estimate of drug-likeness (QED) is 0.845. The third kappa shape index (κ3) is 3.37. The van der Waals surface area contributed by atoms with Crippen LogP contribution in [-0.4, -0.2) is 45.6 Å². The number of hydrogen-bond acceptors (Lipinski definition) is 5. The minimum absolute atomic E-state index is 0.108. The van der Waals surface area contributed by atoms with Gasteiger partial charge in [0, 0.05) is 25.8 Å². The zero-order chi connectivity index (χ0) is 15.5. The second kappa shape index (κ2) is 6.74. The van der Waals surface area contributed by atoms with Crippen LogP contribution in [0.15, 0.2) is 23.1 Å². The minimum Gasteiger partial charge on any atom is -0.494 e. The Labute approximate surface area is 125 Å². The zero-order valence-electron chi connectivity index (χ0n) is 12.4. The van der Waals surface area contributed by atoms with Crippen molar-refractivity contribution in [2.45, 2.75) is 30.8 Å². The molecule has 0 bridgehead atoms. The summed E-state index contributed by atoms with van der Waals surface area (Å²) in [5.41, 5.74) is 6.37. The van der Waals surface area contributed by atoms with Crippen molar-refractivity contribution in [3.63, 3.8) is 0 Å². The summed E-state index contributed by atoms with van der Waals surface area (Å²) in [5.74, 6) is 0.630. The molecule has 118 valence electrons. The number of benzene rings is 1. The van der Waals surface area contributed by atoms with E-state index in [9.17, 15) is 8.42 Å². The molecule has 0 radical (unpaired) electrons. The molecule has 0 amide bonds. The summed E-state index contributed by atoms with van der Waals surface area (Å²) >= 11 is 0. The van der Waals surface area contributed by atoms with Crippen molar-refractivity contribution in [3.05, 3.63) is 23.8 Å². The van der Waals surface area contributed by atoms with Crippen molar-refractivity contribution in [1.29, 1.82) is 0 Å². The molecule has 1 aliphatic heterocycles. The molecule has 1 heterocycles. The molecule has 1 fully saturated rings. The molecular formula is C14H22N2O4S. The van der Waals surface area contributed by atoms with Crippen LogP contribution in [0.5, 0.6) is 5.75 Å². The summed E-state index contributed by atoms with van der Waals surface area (Å²) in [7, 11) is -1.95. The molecule has 1 aromatic carbocycles. The highest BCUT2D eigenvalue weighted by atomic mass is 32.2. The van der Waals surface area contributed by atoms with E-state index in [1.807, 2.05) is 6.92 Å². The average molecular weight is 314 g/mol. The van der Waals surface area contributed by atoms with Crippen LogP contribution in [-0.2, 0) is 21.3 Å². The molecule has 6 nitrogen and oxygen atoms in total. The lowest BCUT2D eigenvalue weighted by molar-refractivity contribution is 0.181. The fraction of sp³-hybridized carbons (Fsp3) is 0.571. The van der Waals surface area contributed by atoms with Gasteiger partial charge in [0.25, 0.3) is 0 Å². The normalized spacial score (nSPS) is 19.1. The van der Waals surface area contributed by atoms with E-state index in [1.165, 1.54) is 4.31 Å². The highest BCUT2D eigenvalue weighted by Crippen LogP contribution is 2.26. The Balaban J connectivity index is 2.31. The lowest BCUT2D eigenvalue weighted by Gasteiger charge is -2.23. The Hall–Kier alpha value is -1.15. The van der Waals surface area contributed by atoms with Gasteiger partial charge in [-0.3, -0.25) is 0 Å². The SMILES string of the molecule is CCOc1ccc(S(=O)(=O)N(C)C2CCOC2)cc1CN. The van der Waals surface area contributed by atoms with E-state index in [0.29, 0.717) is 31.1 Å². The van der Waals surface area contributed by atoms with Crippen molar-refractivity contribution in [1.82, 2.24) is 4.31 Å². The molecule has 0 aliphatic carbocycles. The van der Waals surface area contributed by atoms with E-state index in [4.69, 9.17) is 15.2 Å². The number of sulfonamides is 1. The van der Waals surface area contributed by atoms with E-state index in [-0.39, 0.29) is 17.5 Å². The van der Waals surface area contributed by atoms with Crippen LogP contribution in [0.2, 0.25) is 0 Å². The van der Waals surface area contributed by atoms with Crippen molar-refractivity contribution < 1.29 is 17.9 Å². The van der Waals surface area contributed by atoms with Crippen LogP contribution in [0.1, 0.15) is 18.9 Å². The Morgan fingerprint density at radius 3 is 2.81 bits per heavy atom. The molecule has 21 heavy (non-hydrogen) atoms. The van der Waals surface area contributed by atoms with Crippen LogP contribution in [0.25, 0.3) is 0 Å². The standard InChI is InChI=1S/C14H22N2O4S/c1-3-20-14-5-4-13(8-11(14)9-15)21(17,18)16(2)12-6-7-19-10-12/h4-5,8,12H,3,6-7,9-10,15H2,1-2H3. The minimum atomic E-state index is -3.54. The van der Waals surface area contributed by atoms with Gasteiger partial charge in [-0.2, -0.15) is 4.31 Å². The largest absolute Gasteiger partial charge is 0.494 e. The summed E-state index contributed by atoms with van der Waals surface area (Å²) < 4.78 is 37.4. The molecule has 2 N–H and O–H groups in total. The molecule has 0 spiro atoms. The number of nitrogens with two attached hydrogens (primary N) is 1. The summed E-state index contributed by atoms with van der Waals surface area (Å²) in [4.78, 5) is 0.237. The predicted molar refractivity (Wildman–Crippen MR) is 79.7 cm³/mol. The molecule has 7 heteroatoms. The monoisotopic (exact) mass is 314 g/mol. The fourth-order valence-electron chi connectivity index (χ4n) is 2.34. The Bertz CT molecular complexity index is 583. The smallest absolute Gasteiger partial charge is 0.243 e. The second-order valence-corrected chi connectivity index (χ2v) is 6.94. The van der Waals surface area contributed by atoms with Crippen LogP contribution >= 0.6 is 0 Å². The van der Waals surface area contributed by atoms with Gasteiger partial charge in [0.15, 0.2) is 0 Å². The molecule has 1 atom stereocenters. The number of ether oxygens (including phenoxy) is 2. The number of hydrogen-bond donors (Lipinski definition) is 1. The van der Waals surface area contributed by atoms with Crippen molar-refractivity contribution in [3.8, 4) is 5.75 Å². The van der Waals surface area contributed by atoms with E-state index >= 15 is 0 Å². The molecule has 1 saturated heterocycles. The van der Waals surface area contributed by atoms with E-state index in [0.717, 1.165) is 6.42 Å². The summed E-state index contributed by atoms with van der Waals surface area (Å²) in [6, 6.07) is 4.71. The molecule has 0 aromatic heterocycles. The highest BCUT2D eigenvalue weighted by molar-refractivity contribution is 7.89. The fourth-order valence-corrected chi connectivity index (χ4v) is 3.77. The van der Waals surface area contributed by atoms with Crippen LogP contribution in [0.4, 0.5) is 0 Å². The van der Waals surface area contributed by atoms with Crippen LogP contribution < -0.4 is 10.5 Å². The first-order valence-corrected chi connectivity index (χ1v) is 8.46. The van der Waals surface area contributed by atoms with Gasteiger partial charge in [-0.15, -0.1) is 0 Å². The van der Waals surface area contributed by atoms with E-state index in [2.05, 4.69) is 0 Å². The zero-order valence-corrected chi connectivity index (χ0v) is 13.2. The average Bonchev–Trinajstić information content (AvgIpc) is 3.01. The maximum Gasteiger partial charge on any atom is 0.243 e. The summed E-state index contributed by atoms with van der Waals surface area (Å²) in [6.45, 7) is 3.66. The Morgan fingerprint density at radius 2 is 2.24 bits per heavy atom. The molecule has 2 rings (SSSR count). The molecule has 1 unspecified atom stereocenters. The van der Waals surface area contributed by atoms with Gasteiger partial charge >= 0.3 is 0 Å². The van der Waals surface area contributed by atoms with E-state index in [1.54, 1.807) is 25.2 Å². The summed E-state index contributed by atoms with van der Waals surface area (Å²) in [5, 5.41) is 0. The molecule has 0 saturated carbocycles. The van der Waals surface area contributed by atoms with Gasteiger partial charge in [0.1, 0.15) is 5.75 Å². The Morgan fingerprint density at radius 1 is 1.48 bits per heavy atom. The first kappa shape index (κ1) is 16.2. The van der Waals surface area contributed by atoms with E-state index < -0.39 is 10.0 Å². The van der Waals surface area contributed by atoms with Gasteiger partial charge in [-0.25, -0.2) is 8.42 Å². The third-order valence-corrected chi connectivity index (χ3v) is 5.55. The molecule has 1 aliphatic rings. The topological polar surface area (TPSA) is 81.9 Å². The maximum absolute atomic E-state index is 12.6. The number of likely N-dealkylation sites (N-methyl/N-ethyl adjacent to an activating group) is 1. The lowest BCUT2D eigenvalue weighted by atomic mass is 10.2. The van der Waals surface area contributed by atoms with Crippen molar-refractivity contribution in [2.24, 2.45) is 5.73 Å². The van der Waals surface area contributed by atoms with Crippen molar-refractivity contribution >= 4 is 10.0 Å². The molecule has 1 aromatic rings. The highest BCUT2D eigenvalue weighted by Gasteiger charge is 2.31. The first-order chi connectivity index (χ1) is 10.0. The Kier molecular flexibility index (Phi) is 5.21. The van der Waals surface area contributed by atoms with Crippen molar-refractivity contribution in [2.75, 3.05) is 26.9 Å². The van der Waals surface area contributed by atoms with Gasteiger partial charge in [0.2, 0.25) is 10.0 Å². The van der Waals surface area contributed by atoms with Crippen LogP contribution in [0.3, 0.4) is 0 Å². The van der Waals surface area contributed by atoms with Gasteiger partial charge in [-0.1, -0.05) is 0 Å². The molecular weight excluding hydrogens is 292 g/mol. The number of nitrogens with zero attached hydrogens (tertiary/aromatic N) is 1. The summed E-state index contributed by atoms with van der Waals surface area (Å²) in [6.07, 6.45) is 0.719. The first-order valence-electron chi connectivity index (χ1n) is 7.02. The second-order valence-electron chi connectivity index (χ2n) is 4.95.